The minimum absolute atomic E-state index is 0.309. The van der Waals surface area contributed by atoms with E-state index < -0.39 is 0 Å². The van der Waals surface area contributed by atoms with Crippen molar-refractivity contribution in [3.05, 3.63) is 36.2 Å². The van der Waals surface area contributed by atoms with Gasteiger partial charge in [0.25, 0.3) is 5.91 Å². The highest BCUT2D eigenvalue weighted by Gasteiger charge is 2.16. The molecule has 1 aromatic carbocycles. The van der Waals surface area contributed by atoms with Crippen LogP contribution < -0.4 is 11.1 Å². The van der Waals surface area contributed by atoms with Crippen molar-refractivity contribution in [2.75, 3.05) is 11.1 Å². The number of anilines is 2. The summed E-state index contributed by atoms with van der Waals surface area (Å²) in [6.45, 7) is 0. The van der Waals surface area contributed by atoms with Crippen LogP contribution in [0.15, 0.2) is 30.5 Å². The van der Waals surface area contributed by atoms with Crippen molar-refractivity contribution < 1.29 is 4.79 Å². The summed E-state index contributed by atoms with van der Waals surface area (Å²) in [5.41, 5.74) is 7.25. The fourth-order valence-corrected chi connectivity index (χ4v) is 2.68. The van der Waals surface area contributed by atoms with E-state index in [1.165, 1.54) is 22.2 Å². The number of nitrogens with zero attached hydrogens (tertiary/aromatic N) is 3. The molecule has 7 heteroatoms. The molecule has 96 valence electrons. The number of nitrogens with one attached hydrogen (secondary N) is 1. The van der Waals surface area contributed by atoms with Crippen LogP contribution in [0.3, 0.4) is 0 Å². The lowest BCUT2D eigenvalue weighted by molar-refractivity contribution is 0.101. The fraction of sp³-hybridized carbons (Fsp3) is 0.0833. The van der Waals surface area contributed by atoms with Gasteiger partial charge in [-0.2, -0.15) is 5.10 Å². The molecule has 3 aromatic rings. The van der Waals surface area contributed by atoms with E-state index in [1.54, 1.807) is 7.05 Å². The second kappa shape index (κ2) is 4.36. The third-order valence-corrected chi connectivity index (χ3v) is 3.65. The van der Waals surface area contributed by atoms with Crippen molar-refractivity contribution in [1.82, 2.24) is 14.8 Å². The molecule has 3 N–H and O–H groups in total. The van der Waals surface area contributed by atoms with Gasteiger partial charge in [0.1, 0.15) is 5.69 Å². The molecule has 0 saturated heterocycles. The number of fused-ring (bicyclic) bond motifs is 1. The Balaban J connectivity index is 1.91. The van der Waals surface area contributed by atoms with Crippen molar-refractivity contribution in [2.24, 2.45) is 7.05 Å². The third kappa shape index (κ3) is 2.04. The first kappa shape index (κ1) is 11.7. The third-order valence-electron chi connectivity index (χ3n) is 2.70. The SMILES string of the molecule is Cn1ncc(N)c1C(=O)Nc1nc2ccccc2s1. The summed E-state index contributed by atoms with van der Waals surface area (Å²) in [7, 11) is 1.67. The van der Waals surface area contributed by atoms with Gasteiger partial charge in [-0.15, -0.1) is 0 Å². The Hall–Kier alpha value is -2.41. The maximum atomic E-state index is 12.1. The molecule has 19 heavy (non-hydrogen) atoms. The second-order valence-electron chi connectivity index (χ2n) is 4.01. The predicted molar refractivity (Wildman–Crippen MR) is 75.2 cm³/mol. The highest BCUT2D eigenvalue weighted by atomic mass is 32.1. The molecule has 0 saturated carbocycles. The number of hydrogen-bond donors (Lipinski definition) is 2. The molecular weight excluding hydrogens is 262 g/mol. The maximum absolute atomic E-state index is 12.1. The number of para-hydroxylation sites is 1. The van der Waals surface area contributed by atoms with Gasteiger partial charge >= 0.3 is 0 Å². The average Bonchev–Trinajstić information content (AvgIpc) is 2.92. The Labute approximate surface area is 112 Å². The maximum Gasteiger partial charge on any atom is 0.277 e. The summed E-state index contributed by atoms with van der Waals surface area (Å²) in [6, 6.07) is 7.71. The number of aryl methyl sites for hydroxylation is 1. The van der Waals surface area contributed by atoms with Crippen LogP contribution in [0, 0.1) is 0 Å². The van der Waals surface area contributed by atoms with E-state index in [4.69, 9.17) is 5.73 Å². The molecule has 2 heterocycles. The Morgan fingerprint density at radius 1 is 1.42 bits per heavy atom. The summed E-state index contributed by atoms with van der Waals surface area (Å²) >= 11 is 1.42. The van der Waals surface area contributed by atoms with Gasteiger partial charge in [-0.1, -0.05) is 23.5 Å². The van der Waals surface area contributed by atoms with Crippen molar-refractivity contribution in [3.8, 4) is 0 Å². The highest BCUT2D eigenvalue weighted by molar-refractivity contribution is 7.22. The predicted octanol–water partition coefficient (Wildman–Crippen LogP) is 1.86. The zero-order valence-electron chi connectivity index (χ0n) is 10.1. The molecule has 0 aliphatic carbocycles. The molecule has 0 aliphatic rings. The number of thiazole rings is 1. The second-order valence-corrected chi connectivity index (χ2v) is 5.04. The molecule has 0 atom stereocenters. The number of benzene rings is 1. The van der Waals surface area contributed by atoms with Gasteiger partial charge in [0.2, 0.25) is 0 Å². The van der Waals surface area contributed by atoms with Crippen LogP contribution in [0.2, 0.25) is 0 Å². The Morgan fingerprint density at radius 2 is 2.21 bits per heavy atom. The van der Waals surface area contributed by atoms with E-state index in [0.717, 1.165) is 10.2 Å². The minimum atomic E-state index is -0.309. The molecule has 1 amide bonds. The van der Waals surface area contributed by atoms with Crippen molar-refractivity contribution in [1.29, 1.82) is 0 Å². The van der Waals surface area contributed by atoms with Crippen LogP contribution in [0.4, 0.5) is 10.8 Å². The van der Waals surface area contributed by atoms with E-state index >= 15 is 0 Å². The number of aromatic nitrogens is 3. The Kier molecular flexibility index (Phi) is 2.68. The molecule has 0 spiro atoms. The van der Waals surface area contributed by atoms with Gasteiger partial charge in [-0.25, -0.2) is 4.98 Å². The van der Waals surface area contributed by atoms with Crippen molar-refractivity contribution in [2.45, 2.75) is 0 Å². The van der Waals surface area contributed by atoms with Crippen LogP contribution >= 0.6 is 11.3 Å². The Bertz CT molecular complexity index is 708. The van der Waals surface area contributed by atoms with Crippen LogP contribution in [0.1, 0.15) is 10.5 Å². The first-order chi connectivity index (χ1) is 9.15. The van der Waals surface area contributed by atoms with E-state index in [9.17, 15) is 4.79 Å². The lowest BCUT2D eigenvalue weighted by atomic mass is 10.3. The number of nitrogens with two attached hydrogens (primary N) is 1. The van der Waals surface area contributed by atoms with Crippen molar-refractivity contribution in [3.63, 3.8) is 0 Å². The first-order valence-corrected chi connectivity index (χ1v) is 6.41. The molecule has 3 rings (SSSR count). The quantitative estimate of drug-likeness (QED) is 0.746. The normalized spacial score (nSPS) is 10.8. The average molecular weight is 273 g/mol. The lowest BCUT2D eigenvalue weighted by Crippen LogP contribution is -2.17. The standard InChI is InChI=1S/C12H11N5OS/c1-17-10(7(13)6-14-17)11(18)16-12-15-8-4-2-3-5-9(8)19-12/h2-6H,13H2,1H3,(H,15,16,18). The molecule has 6 nitrogen and oxygen atoms in total. The van der Waals surface area contributed by atoms with Gasteiger partial charge < -0.3 is 5.73 Å². The van der Waals surface area contributed by atoms with Gasteiger partial charge in [-0.05, 0) is 12.1 Å². The van der Waals surface area contributed by atoms with Gasteiger partial charge in [-0.3, -0.25) is 14.8 Å². The molecule has 0 bridgehead atoms. The van der Waals surface area contributed by atoms with Crippen LogP contribution in [0.5, 0.6) is 0 Å². The molecule has 0 fully saturated rings. The van der Waals surface area contributed by atoms with Crippen LogP contribution in [-0.4, -0.2) is 20.7 Å². The number of carbonyl (C=O) groups excluding carboxylic acids is 1. The number of nitrogen functional groups attached to an aromatic ring is 1. The Morgan fingerprint density at radius 3 is 2.89 bits per heavy atom. The van der Waals surface area contributed by atoms with Gasteiger partial charge in [0.15, 0.2) is 5.13 Å². The summed E-state index contributed by atoms with van der Waals surface area (Å²) in [4.78, 5) is 16.4. The fourth-order valence-electron chi connectivity index (χ4n) is 1.81. The number of rotatable bonds is 2. The monoisotopic (exact) mass is 273 g/mol. The van der Waals surface area contributed by atoms with E-state index in [2.05, 4.69) is 15.4 Å². The summed E-state index contributed by atoms with van der Waals surface area (Å²) in [5, 5.41) is 7.23. The van der Waals surface area contributed by atoms with Gasteiger partial charge in [0.05, 0.1) is 22.1 Å². The van der Waals surface area contributed by atoms with Crippen LogP contribution in [0.25, 0.3) is 10.2 Å². The highest BCUT2D eigenvalue weighted by Crippen LogP contribution is 2.26. The van der Waals surface area contributed by atoms with E-state index in [-0.39, 0.29) is 5.91 Å². The summed E-state index contributed by atoms with van der Waals surface area (Å²) in [5.74, 6) is -0.309. The topological polar surface area (TPSA) is 85.8 Å². The molecule has 2 aromatic heterocycles. The zero-order chi connectivity index (χ0) is 13.4. The number of amides is 1. The molecular formula is C12H11N5OS. The van der Waals surface area contributed by atoms with E-state index in [0.29, 0.717) is 16.5 Å². The van der Waals surface area contributed by atoms with Crippen molar-refractivity contribution >= 4 is 38.3 Å². The smallest absolute Gasteiger partial charge is 0.277 e. The lowest BCUT2D eigenvalue weighted by Gasteiger charge is -2.02. The first-order valence-electron chi connectivity index (χ1n) is 5.59. The molecule has 0 unspecified atom stereocenters. The largest absolute Gasteiger partial charge is 0.396 e. The number of hydrogen-bond acceptors (Lipinski definition) is 5. The summed E-state index contributed by atoms with van der Waals surface area (Å²) in [6.07, 6.45) is 1.45. The minimum Gasteiger partial charge on any atom is -0.396 e. The zero-order valence-corrected chi connectivity index (χ0v) is 10.9. The summed E-state index contributed by atoms with van der Waals surface area (Å²) < 4.78 is 2.47. The molecule has 0 radical (unpaired) electrons. The van der Waals surface area contributed by atoms with Crippen LogP contribution in [-0.2, 0) is 7.05 Å². The number of carbonyl (C=O) groups is 1. The molecule has 0 aliphatic heterocycles. The van der Waals surface area contributed by atoms with E-state index in [1.807, 2.05) is 24.3 Å². The van der Waals surface area contributed by atoms with Gasteiger partial charge in [0, 0.05) is 7.05 Å².